The van der Waals surface area contributed by atoms with Gasteiger partial charge in [-0.25, -0.2) is 9.78 Å². The van der Waals surface area contributed by atoms with Crippen molar-refractivity contribution in [2.75, 3.05) is 0 Å². The lowest BCUT2D eigenvalue weighted by molar-refractivity contribution is 0.483. The molecular formula is C19H10Cl2N6O4. The first kappa shape index (κ1) is 20.3. The van der Waals surface area contributed by atoms with Crippen LogP contribution in [0.1, 0.15) is 5.69 Å². The molecule has 4 rings (SSSR count). The van der Waals surface area contributed by atoms with Crippen LogP contribution in [0.4, 0.5) is 0 Å². The van der Waals surface area contributed by atoms with E-state index in [1.165, 1.54) is 23.0 Å². The number of aromatic amines is 1. The summed E-state index contributed by atoms with van der Waals surface area (Å²) < 4.78 is 7.92. The number of fused-ring (bicyclic) bond motifs is 1. The molecule has 0 saturated heterocycles. The number of H-pyrrole nitrogens is 1. The minimum atomic E-state index is -0.902. The van der Waals surface area contributed by atoms with Crippen LogP contribution in [0.2, 0.25) is 10.0 Å². The number of ether oxygens (including phenoxy) is 1. The molecule has 0 atom stereocenters. The number of rotatable bonds is 3. The Labute approximate surface area is 182 Å². The summed E-state index contributed by atoms with van der Waals surface area (Å²) in [6, 6.07) is 8.97. The van der Waals surface area contributed by atoms with Gasteiger partial charge in [0.25, 0.3) is 11.1 Å². The van der Waals surface area contributed by atoms with Crippen LogP contribution in [0, 0.1) is 11.3 Å². The lowest BCUT2D eigenvalue weighted by Gasteiger charge is -2.12. The summed E-state index contributed by atoms with van der Waals surface area (Å²) in [4.78, 5) is 41.9. The van der Waals surface area contributed by atoms with Crippen LogP contribution in [0.25, 0.3) is 16.6 Å². The van der Waals surface area contributed by atoms with Gasteiger partial charge in [-0.1, -0.05) is 23.2 Å². The van der Waals surface area contributed by atoms with Crippen molar-refractivity contribution in [2.45, 2.75) is 0 Å². The van der Waals surface area contributed by atoms with Crippen molar-refractivity contribution in [3.8, 4) is 23.3 Å². The zero-order valence-corrected chi connectivity index (χ0v) is 17.1. The topological polar surface area (TPSA) is 136 Å². The molecule has 0 spiro atoms. The van der Waals surface area contributed by atoms with Crippen LogP contribution in [0.5, 0.6) is 11.5 Å². The molecule has 0 aliphatic carbocycles. The van der Waals surface area contributed by atoms with E-state index in [4.69, 9.17) is 33.2 Å². The molecule has 2 aromatic carbocycles. The molecule has 2 heterocycles. The highest BCUT2D eigenvalue weighted by atomic mass is 35.5. The summed E-state index contributed by atoms with van der Waals surface area (Å²) in [7, 11) is 1.60. The maximum Gasteiger partial charge on any atom is 0.349 e. The van der Waals surface area contributed by atoms with E-state index in [-0.39, 0.29) is 27.0 Å². The first-order chi connectivity index (χ1) is 14.8. The molecular weight excluding hydrogens is 447 g/mol. The summed E-state index contributed by atoms with van der Waals surface area (Å²) in [5, 5.41) is 13.2. The Morgan fingerprint density at radius 3 is 2.52 bits per heavy atom. The van der Waals surface area contributed by atoms with Crippen LogP contribution >= 0.6 is 23.2 Å². The zero-order chi connectivity index (χ0) is 22.3. The quantitative estimate of drug-likeness (QED) is 0.498. The predicted molar refractivity (Wildman–Crippen MR) is 112 cm³/mol. The molecule has 154 valence electrons. The third-order valence-corrected chi connectivity index (χ3v) is 4.83. The Bertz CT molecular complexity index is 1560. The average Bonchev–Trinajstić information content (AvgIpc) is 2.73. The SMILES string of the molecule is Cn1cnc2cc(Oc3c(Cl)cc(-n4nc(C#N)c(=O)[nH]c4=O)cc3Cl)ccc2c1=O. The van der Waals surface area contributed by atoms with Gasteiger partial charge in [0.1, 0.15) is 11.8 Å². The van der Waals surface area contributed by atoms with Crippen LogP contribution in [0.15, 0.2) is 51.0 Å². The number of hydrogen-bond donors (Lipinski definition) is 1. The maximum absolute atomic E-state index is 12.1. The van der Waals surface area contributed by atoms with E-state index < -0.39 is 16.9 Å². The van der Waals surface area contributed by atoms with E-state index in [2.05, 4.69) is 10.1 Å². The van der Waals surface area contributed by atoms with Gasteiger partial charge >= 0.3 is 5.69 Å². The fourth-order valence-corrected chi connectivity index (χ4v) is 3.34. The molecule has 12 heteroatoms. The molecule has 2 aromatic heterocycles. The second kappa shape index (κ2) is 7.71. The van der Waals surface area contributed by atoms with E-state index in [1.54, 1.807) is 31.3 Å². The van der Waals surface area contributed by atoms with Crippen LogP contribution in [-0.4, -0.2) is 24.3 Å². The highest BCUT2D eigenvalue weighted by Crippen LogP contribution is 2.38. The molecule has 0 unspecified atom stereocenters. The van der Waals surface area contributed by atoms with Crippen molar-refractivity contribution < 1.29 is 4.74 Å². The fourth-order valence-electron chi connectivity index (χ4n) is 2.79. The van der Waals surface area contributed by atoms with E-state index in [0.717, 1.165) is 4.68 Å². The number of hydrogen-bond acceptors (Lipinski definition) is 7. The number of aromatic nitrogens is 5. The van der Waals surface area contributed by atoms with Gasteiger partial charge in [-0.15, -0.1) is 5.10 Å². The van der Waals surface area contributed by atoms with Gasteiger partial charge in [0, 0.05) is 13.1 Å². The zero-order valence-electron chi connectivity index (χ0n) is 15.6. The van der Waals surface area contributed by atoms with Gasteiger partial charge in [0.05, 0.1) is 33.0 Å². The van der Waals surface area contributed by atoms with Crippen LogP contribution < -0.4 is 21.5 Å². The molecule has 1 N–H and O–H groups in total. The van der Waals surface area contributed by atoms with Gasteiger partial charge in [-0.05, 0) is 24.3 Å². The normalized spacial score (nSPS) is 10.8. The summed E-state index contributed by atoms with van der Waals surface area (Å²) in [6.45, 7) is 0. The Kier molecular flexibility index (Phi) is 5.06. The predicted octanol–water partition coefficient (Wildman–Crippen LogP) is 2.14. The maximum atomic E-state index is 12.1. The molecule has 4 aromatic rings. The molecule has 0 aliphatic heterocycles. The third-order valence-electron chi connectivity index (χ3n) is 4.27. The Hall–Kier alpha value is -3.94. The van der Waals surface area contributed by atoms with Crippen molar-refractivity contribution in [1.29, 1.82) is 5.26 Å². The van der Waals surface area contributed by atoms with Crippen LogP contribution in [0.3, 0.4) is 0 Å². The Morgan fingerprint density at radius 2 is 1.84 bits per heavy atom. The summed E-state index contributed by atoms with van der Waals surface area (Å²) in [6.07, 6.45) is 1.40. The molecule has 0 aliphatic rings. The minimum absolute atomic E-state index is 0.0398. The number of nitrogens with one attached hydrogen (secondary N) is 1. The second-order valence-electron chi connectivity index (χ2n) is 6.31. The number of halogens is 2. The van der Waals surface area contributed by atoms with Crippen molar-refractivity contribution in [1.82, 2.24) is 24.3 Å². The van der Waals surface area contributed by atoms with Crippen molar-refractivity contribution in [3.05, 3.63) is 83.6 Å². The molecule has 10 nitrogen and oxygen atoms in total. The van der Waals surface area contributed by atoms with Gasteiger partial charge in [-0.3, -0.25) is 14.6 Å². The number of benzene rings is 2. The van der Waals surface area contributed by atoms with Crippen LogP contribution in [-0.2, 0) is 7.05 Å². The van der Waals surface area contributed by atoms with E-state index in [0.29, 0.717) is 16.7 Å². The van der Waals surface area contributed by atoms with Gasteiger partial charge < -0.3 is 9.30 Å². The first-order valence-corrected chi connectivity index (χ1v) is 9.30. The molecule has 0 radical (unpaired) electrons. The van der Waals surface area contributed by atoms with E-state index in [1.807, 2.05) is 4.98 Å². The molecule has 0 amide bonds. The largest absolute Gasteiger partial charge is 0.454 e. The average molecular weight is 457 g/mol. The molecule has 31 heavy (non-hydrogen) atoms. The monoisotopic (exact) mass is 456 g/mol. The lowest BCUT2D eigenvalue weighted by Crippen LogP contribution is -2.33. The lowest BCUT2D eigenvalue weighted by atomic mass is 10.2. The molecule has 0 fully saturated rings. The van der Waals surface area contributed by atoms with Gasteiger partial charge in [0.15, 0.2) is 5.75 Å². The molecule has 0 saturated carbocycles. The fraction of sp³-hybridized carbons (Fsp3) is 0.0526. The smallest absolute Gasteiger partial charge is 0.349 e. The number of nitriles is 1. The third kappa shape index (κ3) is 3.68. The highest BCUT2D eigenvalue weighted by molar-refractivity contribution is 6.37. The van der Waals surface area contributed by atoms with Crippen molar-refractivity contribution in [3.63, 3.8) is 0 Å². The van der Waals surface area contributed by atoms with Crippen molar-refractivity contribution >= 4 is 34.1 Å². The highest BCUT2D eigenvalue weighted by Gasteiger charge is 2.15. The van der Waals surface area contributed by atoms with E-state index in [9.17, 15) is 14.4 Å². The van der Waals surface area contributed by atoms with Gasteiger partial charge in [0.2, 0.25) is 5.69 Å². The van der Waals surface area contributed by atoms with Crippen molar-refractivity contribution in [2.24, 2.45) is 7.05 Å². The summed E-state index contributed by atoms with van der Waals surface area (Å²) >= 11 is 12.6. The standard InChI is InChI=1S/C19H10Cl2N6O4/c1-26-8-23-14-6-10(2-3-11(14)18(26)29)31-16-12(20)4-9(5-13(16)21)27-19(30)24-17(28)15(7-22)25-27/h2-6,8H,1H3,(H,24,28,30). The second-order valence-corrected chi connectivity index (χ2v) is 7.13. The summed E-state index contributed by atoms with van der Waals surface area (Å²) in [5.41, 5.74) is -1.93. The first-order valence-electron chi connectivity index (χ1n) is 8.55. The number of aryl methyl sites for hydroxylation is 1. The summed E-state index contributed by atoms with van der Waals surface area (Å²) in [5.74, 6) is 0.421. The number of nitrogens with zero attached hydrogens (tertiary/aromatic N) is 5. The van der Waals surface area contributed by atoms with Gasteiger partial charge in [-0.2, -0.15) is 9.94 Å². The minimum Gasteiger partial charge on any atom is -0.454 e. The Morgan fingerprint density at radius 1 is 1.13 bits per heavy atom. The Balaban J connectivity index is 1.75. The van der Waals surface area contributed by atoms with E-state index >= 15 is 0 Å². The molecule has 0 bridgehead atoms.